The van der Waals surface area contributed by atoms with E-state index in [4.69, 9.17) is 9.84 Å². The predicted octanol–water partition coefficient (Wildman–Crippen LogP) is 2.69. The number of amides is 1. The molecule has 1 heterocycles. The van der Waals surface area contributed by atoms with Crippen LogP contribution in [0.15, 0.2) is 34.4 Å². The first kappa shape index (κ1) is 22.1. The second-order valence-corrected chi connectivity index (χ2v) is 8.64. The third kappa shape index (κ3) is 5.11. The van der Waals surface area contributed by atoms with Crippen molar-refractivity contribution >= 4 is 35.0 Å². The molecule has 9 nitrogen and oxygen atoms in total. The normalized spacial score (nSPS) is 17.4. The maximum absolute atomic E-state index is 12.7. The molecule has 3 rings (SSSR count). The highest BCUT2D eigenvalue weighted by atomic mass is 32.2. The minimum Gasteiger partial charge on any atom is -0.466 e. The lowest BCUT2D eigenvalue weighted by atomic mass is 10.0. The van der Waals surface area contributed by atoms with Gasteiger partial charge in [0.15, 0.2) is 0 Å². The molecular weight excluding hydrogens is 410 g/mol. The summed E-state index contributed by atoms with van der Waals surface area (Å²) in [6.07, 6.45) is 5.67. The molecule has 0 saturated heterocycles. The van der Waals surface area contributed by atoms with Crippen LogP contribution in [0.1, 0.15) is 32.1 Å². The minimum absolute atomic E-state index is 0.00695. The molecule has 0 spiro atoms. The fourth-order valence-corrected chi connectivity index (χ4v) is 5.04. The van der Waals surface area contributed by atoms with E-state index in [2.05, 4.69) is 5.32 Å². The maximum Gasteiger partial charge on any atom is 0.337 e. The summed E-state index contributed by atoms with van der Waals surface area (Å²) in [6, 6.07) is 4.64. The molecule has 1 aliphatic heterocycles. The van der Waals surface area contributed by atoms with Crippen LogP contribution >= 0.6 is 11.8 Å². The molecule has 162 valence electrons. The predicted molar refractivity (Wildman–Crippen MR) is 112 cm³/mol. The van der Waals surface area contributed by atoms with Crippen LogP contribution in [0.4, 0.5) is 11.4 Å². The van der Waals surface area contributed by atoms with Gasteiger partial charge in [-0.25, -0.2) is 4.79 Å². The van der Waals surface area contributed by atoms with Crippen LogP contribution in [0.5, 0.6) is 0 Å². The molecule has 1 amide bonds. The Balaban J connectivity index is 1.90. The van der Waals surface area contributed by atoms with E-state index in [-0.39, 0.29) is 36.7 Å². The number of β-amino-alcohol motifs (C(OH)–C–C–N with tert-alkyl or cyclic N) is 1. The quantitative estimate of drug-likeness (QED) is 0.363. The van der Waals surface area contributed by atoms with Crippen molar-refractivity contribution in [3.8, 4) is 0 Å². The van der Waals surface area contributed by atoms with E-state index in [0.29, 0.717) is 10.9 Å². The minimum atomic E-state index is -0.659. The van der Waals surface area contributed by atoms with Crippen molar-refractivity contribution in [2.45, 2.75) is 42.2 Å². The fourth-order valence-electron chi connectivity index (χ4n) is 3.70. The van der Waals surface area contributed by atoms with Crippen molar-refractivity contribution in [2.24, 2.45) is 0 Å². The first-order valence-electron chi connectivity index (χ1n) is 9.87. The van der Waals surface area contributed by atoms with Gasteiger partial charge in [0.2, 0.25) is 0 Å². The molecule has 1 aromatic rings. The Morgan fingerprint density at radius 1 is 1.33 bits per heavy atom. The highest BCUT2D eigenvalue weighted by Crippen LogP contribution is 2.37. The smallest absolute Gasteiger partial charge is 0.337 e. The summed E-state index contributed by atoms with van der Waals surface area (Å²) in [4.78, 5) is 37.9. The average Bonchev–Trinajstić information content (AvgIpc) is 3.04. The molecule has 1 fully saturated rings. The Labute approximate surface area is 178 Å². The lowest BCUT2D eigenvalue weighted by molar-refractivity contribution is -0.385. The third-order valence-electron chi connectivity index (χ3n) is 5.18. The SMILES string of the molecule is COC(=O)C1=C(Nc2cc(SC3CCCCC3)cc([N+](=O)[O-])c2)C(=O)N(CCO)C1. The number of nitro benzene ring substituents is 1. The van der Waals surface area contributed by atoms with E-state index in [1.165, 1.54) is 30.6 Å². The molecule has 2 aliphatic rings. The number of ether oxygens (including phenoxy) is 1. The molecule has 0 radical (unpaired) electrons. The summed E-state index contributed by atoms with van der Waals surface area (Å²) in [7, 11) is 1.22. The van der Waals surface area contributed by atoms with Crippen LogP contribution in [0.25, 0.3) is 0 Å². The molecular formula is C20H25N3O6S. The van der Waals surface area contributed by atoms with Crippen LogP contribution in [0.3, 0.4) is 0 Å². The Bertz CT molecular complexity index is 866. The number of non-ortho nitro benzene ring substituents is 1. The number of methoxy groups -OCH3 is 1. The molecule has 0 atom stereocenters. The lowest BCUT2D eigenvalue weighted by Gasteiger charge is -2.21. The average molecular weight is 436 g/mol. The first-order chi connectivity index (χ1) is 14.4. The number of hydrogen-bond donors (Lipinski definition) is 2. The fraction of sp³-hybridized carbons (Fsp3) is 0.500. The summed E-state index contributed by atoms with van der Waals surface area (Å²) in [5, 5.41) is 23.9. The van der Waals surface area contributed by atoms with E-state index in [1.54, 1.807) is 17.8 Å². The van der Waals surface area contributed by atoms with Crippen LogP contribution in [-0.4, -0.2) is 58.9 Å². The van der Waals surface area contributed by atoms with Gasteiger partial charge in [-0.3, -0.25) is 14.9 Å². The number of carbonyl (C=O) groups excluding carboxylic acids is 2. The van der Waals surface area contributed by atoms with E-state index in [0.717, 1.165) is 30.6 Å². The third-order valence-corrected chi connectivity index (χ3v) is 6.49. The number of nitro groups is 1. The number of benzene rings is 1. The topological polar surface area (TPSA) is 122 Å². The second kappa shape index (κ2) is 9.94. The highest BCUT2D eigenvalue weighted by molar-refractivity contribution is 8.00. The van der Waals surface area contributed by atoms with Crippen molar-refractivity contribution in [3.63, 3.8) is 0 Å². The molecule has 0 unspecified atom stereocenters. The zero-order valence-electron chi connectivity index (χ0n) is 16.8. The number of aliphatic hydroxyl groups is 1. The number of aliphatic hydroxyl groups excluding tert-OH is 1. The number of thioether (sulfide) groups is 1. The Kier molecular flexibility index (Phi) is 7.33. The van der Waals surface area contributed by atoms with E-state index < -0.39 is 16.8 Å². The summed E-state index contributed by atoms with van der Waals surface area (Å²) in [5.41, 5.74) is 0.419. The Morgan fingerprint density at radius 2 is 2.07 bits per heavy atom. The number of nitrogens with zero attached hydrogens (tertiary/aromatic N) is 2. The maximum atomic E-state index is 12.7. The Hall–Kier alpha value is -2.59. The van der Waals surface area contributed by atoms with E-state index >= 15 is 0 Å². The van der Waals surface area contributed by atoms with Crippen molar-refractivity contribution in [2.75, 3.05) is 32.1 Å². The molecule has 1 saturated carbocycles. The van der Waals surface area contributed by atoms with Crippen LogP contribution in [0.2, 0.25) is 0 Å². The van der Waals surface area contributed by atoms with Gasteiger partial charge in [0.05, 0.1) is 30.8 Å². The van der Waals surface area contributed by atoms with Crippen molar-refractivity contribution in [3.05, 3.63) is 39.6 Å². The second-order valence-electron chi connectivity index (χ2n) is 7.27. The van der Waals surface area contributed by atoms with Gasteiger partial charge in [-0.2, -0.15) is 0 Å². The standard InChI is InChI=1S/C20H25N3O6S/c1-29-20(26)17-12-22(7-8-24)19(25)18(17)21-13-9-14(23(27)28)11-16(10-13)30-15-5-3-2-4-6-15/h9-11,15,21,24H,2-8,12H2,1H3. The number of anilines is 1. The van der Waals surface area contributed by atoms with Crippen molar-refractivity contribution < 1.29 is 24.4 Å². The number of carbonyl (C=O) groups is 2. The van der Waals surface area contributed by atoms with Gasteiger partial charge in [-0.05, 0) is 18.9 Å². The van der Waals surface area contributed by atoms with Gasteiger partial charge < -0.3 is 20.1 Å². The van der Waals surface area contributed by atoms with Crippen molar-refractivity contribution in [1.82, 2.24) is 4.90 Å². The zero-order chi connectivity index (χ0) is 21.7. The van der Waals surface area contributed by atoms with Crippen LogP contribution in [-0.2, 0) is 14.3 Å². The molecule has 2 N–H and O–H groups in total. The number of hydrogen-bond acceptors (Lipinski definition) is 8. The van der Waals surface area contributed by atoms with Crippen molar-refractivity contribution in [1.29, 1.82) is 0 Å². The monoisotopic (exact) mass is 435 g/mol. The van der Waals surface area contributed by atoms with E-state index in [9.17, 15) is 19.7 Å². The summed E-state index contributed by atoms with van der Waals surface area (Å²) in [5.74, 6) is -1.12. The van der Waals surface area contributed by atoms with Crippen LogP contribution in [0, 0.1) is 10.1 Å². The van der Waals surface area contributed by atoms with Gasteiger partial charge in [0, 0.05) is 34.5 Å². The van der Waals surface area contributed by atoms with Gasteiger partial charge in [0.25, 0.3) is 11.6 Å². The van der Waals surface area contributed by atoms with Gasteiger partial charge in [-0.1, -0.05) is 19.3 Å². The van der Waals surface area contributed by atoms with Gasteiger partial charge in [-0.15, -0.1) is 11.8 Å². The number of rotatable bonds is 8. The summed E-state index contributed by atoms with van der Waals surface area (Å²) in [6.45, 7) is -0.165. The molecule has 0 bridgehead atoms. The molecule has 30 heavy (non-hydrogen) atoms. The van der Waals surface area contributed by atoms with E-state index in [1.807, 2.05) is 0 Å². The number of esters is 1. The Morgan fingerprint density at radius 3 is 2.70 bits per heavy atom. The number of nitrogens with one attached hydrogen (secondary N) is 1. The molecule has 0 aromatic heterocycles. The molecule has 10 heteroatoms. The van der Waals surface area contributed by atoms with Crippen LogP contribution < -0.4 is 5.32 Å². The lowest BCUT2D eigenvalue weighted by Crippen LogP contribution is -2.31. The largest absolute Gasteiger partial charge is 0.466 e. The zero-order valence-corrected chi connectivity index (χ0v) is 17.6. The molecule has 1 aromatic carbocycles. The van der Waals surface area contributed by atoms with Gasteiger partial charge in [0.1, 0.15) is 5.70 Å². The summed E-state index contributed by atoms with van der Waals surface area (Å²) >= 11 is 1.61. The van der Waals surface area contributed by atoms with Gasteiger partial charge >= 0.3 is 5.97 Å². The molecule has 1 aliphatic carbocycles. The highest BCUT2D eigenvalue weighted by Gasteiger charge is 2.34. The first-order valence-corrected chi connectivity index (χ1v) is 10.8. The summed E-state index contributed by atoms with van der Waals surface area (Å²) < 4.78 is 4.77.